The molecular weight excluding hydrogens is 398 g/mol. The summed E-state index contributed by atoms with van der Waals surface area (Å²) in [6, 6.07) is 5.60. The minimum atomic E-state index is -3.40. The number of carbonyl (C=O) groups is 1. The Balaban J connectivity index is 1.44. The molecule has 10 heteroatoms. The fourth-order valence-electron chi connectivity index (χ4n) is 3.54. The average molecular weight is 422 g/mol. The van der Waals surface area contributed by atoms with E-state index in [1.165, 1.54) is 15.6 Å². The van der Waals surface area contributed by atoms with Crippen molar-refractivity contribution in [2.75, 3.05) is 39.3 Å². The molecule has 0 unspecified atom stereocenters. The van der Waals surface area contributed by atoms with E-state index in [0.717, 1.165) is 23.5 Å². The van der Waals surface area contributed by atoms with E-state index in [2.05, 4.69) is 9.97 Å². The molecule has 2 aliphatic heterocycles. The van der Waals surface area contributed by atoms with Crippen molar-refractivity contribution in [2.45, 2.75) is 19.8 Å². The highest BCUT2D eigenvalue weighted by Crippen LogP contribution is 2.28. The van der Waals surface area contributed by atoms with Gasteiger partial charge in [-0.25, -0.2) is 4.98 Å². The highest BCUT2D eigenvalue weighted by Gasteiger charge is 2.35. The summed E-state index contributed by atoms with van der Waals surface area (Å²) >= 11 is 1.34. The molecule has 2 aliphatic rings. The number of aromatic nitrogens is 2. The quantitative estimate of drug-likeness (QED) is 0.749. The summed E-state index contributed by atoms with van der Waals surface area (Å²) in [5.41, 5.74) is 1.43. The van der Waals surface area contributed by atoms with E-state index < -0.39 is 10.2 Å². The monoisotopic (exact) mass is 421 g/mol. The van der Waals surface area contributed by atoms with Crippen LogP contribution in [0.2, 0.25) is 0 Å². The van der Waals surface area contributed by atoms with E-state index >= 15 is 0 Å². The molecule has 1 amide bonds. The lowest BCUT2D eigenvalue weighted by atomic mass is 10.3. The SMILES string of the molecule is Cc1nc(-c2ccccn2)sc1C(=O)N1CCN(S(=O)(=O)N2CCCC2)CC1. The van der Waals surface area contributed by atoms with Crippen LogP contribution in [-0.2, 0) is 10.2 Å². The number of carbonyl (C=O) groups excluding carboxylic acids is 1. The minimum Gasteiger partial charge on any atom is -0.335 e. The Bertz CT molecular complexity index is 947. The Morgan fingerprint density at radius 3 is 2.36 bits per heavy atom. The largest absolute Gasteiger partial charge is 0.335 e. The van der Waals surface area contributed by atoms with Crippen LogP contribution in [0.4, 0.5) is 0 Å². The normalized spacial score (nSPS) is 19.2. The van der Waals surface area contributed by atoms with Crippen molar-refractivity contribution in [3.63, 3.8) is 0 Å². The van der Waals surface area contributed by atoms with Crippen molar-refractivity contribution in [2.24, 2.45) is 0 Å². The second-order valence-electron chi connectivity index (χ2n) is 6.95. The molecule has 2 saturated heterocycles. The molecule has 0 bridgehead atoms. The Morgan fingerprint density at radius 1 is 1.04 bits per heavy atom. The number of rotatable bonds is 4. The van der Waals surface area contributed by atoms with E-state index in [1.807, 2.05) is 25.1 Å². The third kappa shape index (κ3) is 3.69. The smallest absolute Gasteiger partial charge is 0.282 e. The van der Waals surface area contributed by atoms with Crippen LogP contribution >= 0.6 is 11.3 Å². The Kier molecular flexibility index (Phi) is 5.46. The Hall–Kier alpha value is -1.88. The standard InChI is InChI=1S/C18H23N5O3S2/c1-14-16(27-17(20-14)15-6-2-3-7-19-15)18(24)21-10-12-23(13-11-21)28(25,26)22-8-4-5-9-22/h2-3,6-7H,4-5,8-13H2,1H3. The first-order chi connectivity index (χ1) is 13.5. The van der Waals surface area contributed by atoms with Gasteiger partial charge in [-0.1, -0.05) is 6.07 Å². The molecule has 150 valence electrons. The van der Waals surface area contributed by atoms with Gasteiger partial charge in [0.2, 0.25) is 0 Å². The van der Waals surface area contributed by atoms with Gasteiger partial charge in [-0.15, -0.1) is 11.3 Å². The van der Waals surface area contributed by atoms with Gasteiger partial charge in [0.25, 0.3) is 16.1 Å². The zero-order chi connectivity index (χ0) is 19.7. The zero-order valence-electron chi connectivity index (χ0n) is 15.7. The second kappa shape index (κ2) is 7.86. The highest BCUT2D eigenvalue weighted by molar-refractivity contribution is 7.86. The van der Waals surface area contributed by atoms with Crippen LogP contribution in [-0.4, -0.2) is 77.1 Å². The topological polar surface area (TPSA) is 86.7 Å². The van der Waals surface area contributed by atoms with Crippen LogP contribution in [0.15, 0.2) is 24.4 Å². The molecule has 0 atom stereocenters. The summed E-state index contributed by atoms with van der Waals surface area (Å²) in [4.78, 5) is 24.1. The van der Waals surface area contributed by atoms with Gasteiger partial charge in [-0.2, -0.15) is 17.0 Å². The van der Waals surface area contributed by atoms with Crippen LogP contribution in [0.3, 0.4) is 0 Å². The average Bonchev–Trinajstić information content (AvgIpc) is 3.39. The summed E-state index contributed by atoms with van der Waals surface area (Å²) < 4.78 is 28.4. The molecule has 0 radical (unpaired) electrons. The predicted octanol–water partition coefficient (Wildman–Crippen LogP) is 1.61. The predicted molar refractivity (Wildman–Crippen MR) is 107 cm³/mol. The van der Waals surface area contributed by atoms with Crippen molar-refractivity contribution in [3.8, 4) is 10.7 Å². The first-order valence-corrected chi connectivity index (χ1v) is 11.6. The van der Waals surface area contributed by atoms with Crippen LogP contribution < -0.4 is 0 Å². The maximum Gasteiger partial charge on any atom is 0.282 e. The van der Waals surface area contributed by atoms with E-state index in [1.54, 1.807) is 15.4 Å². The van der Waals surface area contributed by atoms with Gasteiger partial charge in [0.05, 0.1) is 11.4 Å². The lowest BCUT2D eigenvalue weighted by molar-refractivity contribution is 0.0698. The zero-order valence-corrected chi connectivity index (χ0v) is 17.4. The van der Waals surface area contributed by atoms with Crippen LogP contribution in [0, 0.1) is 6.92 Å². The van der Waals surface area contributed by atoms with Gasteiger partial charge in [0.1, 0.15) is 9.88 Å². The number of piperazine rings is 1. The molecule has 0 spiro atoms. The maximum absolute atomic E-state index is 13.0. The van der Waals surface area contributed by atoms with E-state index in [4.69, 9.17) is 0 Å². The van der Waals surface area contributed by atoms with E-state index in [9.17, 15) is 13.2 Å². The summed E-state index contributed by atoms with van der Waals surface area (Å²) in [6.07, 6.45) is 3.54. The van der Waals surface area contributed by atoms with Gasteiger partial charge in [0.15, 0.2) is 0 Å². The van der Waals surface area contributed by atoms with Crippen LogP contribution in [0.5, 0.6) is 0 Å². The van der Waals surface area contributed by atoms with Gasteiger partial charge in [0, 0.05) is 45.5 Å². The lowest BCUT2D eigenvalue weighted by Crippen LogP contribution is -2.53. The summed E-state index contributed by atoms with van der Waals surface area (Å²) in [7, 11) is -3.40. The van der Waals surface area contributed by atoms with Crippen molar-refractivity contribution in [1.29, 1.82) is 0 Å². The number of amides is 1. The Labute approximate surface area is 169 Å². The number of thiazole rings is 1. The molecule has 2 aromatic heterocycles. The van der Waals surface area contributed by atoms with Crippen molar-refractivity contribution in [1.82, 2.24) is 23.5 Å². The third-order valence-electron chi connectivity index (χ3n) is 5.12. The molecule has 0 N–H and O–H groups in total. The van der Waals surface area contributed by atoms with Crippen molar-refractivity contribution >= 4 is 27.5 Å². The highest BCUT2D eigenvalue weighted by atomic mass is 32.2. The first-order valence-electron chi connectivity index (χ1n) is 9.40. The molecule has 0 saturated carbocycles. The summed E-state index contributed by atoms with van der Waals surface area (Å²) in [5.74, 6) is -0.0876. The molecule has 4 rings (SSSR count). The number of hydrogen-bond donors (Lipinski definition) is 0. The van der Waals surface area contributed by atoms with Gasteiger partial charge >= 0.3 is 0 Å². The van der Waals surface area contributed by atoms with Crippen LogP contribution in [0.1, 0.15) is 28.2 Å². The summed E-state index contributed by atoms with van der Waals surface area (Å²) in [5, 5.41) is 0.719. The molecule has 28 heavy (non-hydrogen) atoms. The number of hydrogen-bond acceptors (Lipinski definition) is 6. The van der Waals surface area contributed by atoms with Crippen molar-refractivity contribution in [3.05, 3.63) is 35.0 Å². The molecule has 4 heterocycles. The first kappa shape index (κ1) is 19.4. The molecular formula is C18H23N5O3S2. The summed E-state index contributed by atoms with van der Waals surface area (Å²) in [6.45, 7) is 4.45. The van der Waals surface area contributed by atoms with E-state index in [-0.39, 0.29) is 5.91 Å². The lowest BCUT2D eigenvalue weighted by Gasteiger charge is -2.35. The van der Waals surface area contributed by atoms with Crippen molar-refractivity contribution < 1.29 is 13.2 Å². The Morgan fingerprint density at radius 2 is 1.71 bits per heavy atom. The van der Waals surface area contributed by atoms with Gasteiger partial charge in [-0.3, -0.25) is 9.78 Å². The number of pyridine rings is 1. The van der Waals surface area contributed by atoms with Gasteiger partial charge in [-0.05, 0) is 31.9 Å². The molecule has 8 nitrogen and oxygen atoms in total. The second-order valence-corrected chi connectivity index (χ2v) is 9.88. The number of aryl methyl sites for hydroxylation is 1. The minimum absolute atomic E-state index is 0.0876. The fourth-order valence-corrected chi connectivity index (χ4v) is 6.22. The fraction of sp³-hybridized carbons (Fsp3) is 0.500. The molecule has 0 aliphatic carbocycles. The molecule has 0 aromatic carbocycles. The third-order valence-corrected chi connectivity index (χ3v) is 8.32. The van der Waals surface area contributed by atoms with E-state index in [0.29, 0.717) is 49.8 Å². The maximum atomic E-state index is 13.0. The molecule has 2 fully saturated rings. The number of nitrogens with zero attached hydrogens (tertiary/aromatic N) is 5. The van der Waals surface area contributed by atoms with Crippen LogP contribution in [0.25, 0.3) is 10.7 Å². The van der Waals surface area contributed by atoms with Gasteiger partial charge < -0.3 is 4.90 Å². The molecule has 2 aromatic rings.